The van der Waals surface area contributed by atoms with E-state index in [0.29, 0.717) is 18.5 Å². The van der Waals surface area contributed by atoms with E-state index < -0.39 is 20.6 Å². The Balaban J connectivity index is 2.09. The lowest BCUT2D eigenvalue weighted by molar-refractivity contribution is 0.444. The number of thiazole rings is 1. The molecule has 0 aliphatic carbocycles. The van der Waals surface area contributed by atoms with Crippen molar-refractivity contribution in [3.05, 3.63) is 10.2 Å². The zero-order chi connectivity index (χ0) is 14.3. The van der Waals surface area contributed by atoms with Gasteiger partial charge in [-0.25, -0.2) is 18.1 Å². The van der Waals surface area contributed by atoms with Crippen molar-refractivity contribution in [2.45, 2.75) is 30.0 Å². The van der Waals surface area contributed by atoms with Gasteiger partial charge in [0.05, 0.1) is 5.69 Å². The summed E-state index contributed by atoms with van der Waals surface area (Å²) in [5, 5.41) is 0. The fourth-order valence-corrected chi connectivity index (χ4v) is 6.49. The average Bonchev–Trinajstić information content (AvgIpc) is 2.62. The summed E-state index contributed by atoms with van der Waals surface area (Å²) in [5.41, 5.74) is 0.377. The molecule has 3 N–H and O–H groups in total. The van der Waals surface area contributed by atoms with E-state index in [1.165, 1.54) is 0 Å². The Labute approximate surface area is 122 Å². The van der Waals surface area contributed by atoms with E-state index in [2.05, 4.69) is 9.71 Å². The molecule has 0 atom stereocenters. The maximum Gasteiger partial charge on any atom is 0.252 e. The Bertz CT molecular complexity index is 562. The first-order valence-electron chi connectivity index (χ1n) is 5.58. The molecule has 10 heteroatoms. The lowest BCUT2D eigenvalue weighted by Gasteiger charge is -2.39. The van der Waals surface area contributed by atoms with Crippen molar-refractivity contribution < 1.29 is 17.5 Å². The number of hydrogen-bond donors (Lipinski definition) is 3. The molecular formula is C9H15ClN2O4S3. The molecule has 1 saturated heterocycles. The second kappa shape index (κ2) is 5.47. The van der Waals surface area contributed by atoms with Gasteiger partial charge in [0, 0.05) is 17.5 Å². The Morgan fingerprint density at radius 3 is 2.47 bits per heavy atom. The summed E-state index contributed by atoms with van der Waals surface area (Å²) in [4.78, 5) is 3.88. The summed E-state index contributed by atoms with van der Waals surface area (Å²) in [5.74, 6) is 0.477. The number of rotatable bonds is 3. The van der Waals surface area contributed by atoms with Crippen molar-refractivity contribution in [2.75, 3.05) is 11.5 Å². The first-order chi connectivity index (χ1) is 8.70. The molecule has 0 unspecified atom stereocenters. The van der Waals surface area contributed by atoms with Gasteiger partial charge in [0.2, 0.25) is 0 Å². The molecule has 0 aromatic carbocycles. The van der Waals surface area contributed by atoms with Crippen LogP contribution in [0.1, 0.15) is 18.5 Å². The van der Waals surface area contributed by atoms with Crippen LogP contribution in [0.2, 0.25) is 4.47 Å². The SMILES string of the molecule is Cc1nc(Cl)sc1S(=O)(=O)NC1CCS(O)(O)CC1. The van der Waals surface area contributed by atoms with Gasteiger partial charge in [0.25, 0.3) is 10.0 Å². The minimum absolute atomic E-state index is 0.120. The third-order valence-corrected chi connectivity index (χ3v) is 8.05. The fraction of sp³-hybridized carbons (Fsp3) is 0.667. The Morgan fingerprint density at radius 2 is 2.00 bits per heavy atom. The van der Waals surface area contributed by atoms with E-state index in [9.17, 15) is 17.5 Å². The first-order valence-corrected chi connectivity index (χ1v) is 10.1. The molecule has 6 nitrogen and oxygen atoms in total. The number of nitrogens with zero attached hydrogens (tertiary/aromatic N) is 1. The molecule has 2 heterocycles. The summed E-state index contributed by atoms with van der Waals surface area (Å²) >= 11 is 6.62. The Morgan fingerprint density at radius 1 is 1.42 bits per heavy atom. The van der Waals surface area contributed by atoms with Crippen molar-refractivity contribution in [3.8, 4) is 0 Å². The van der Waals surface area contributed by atoms with E-state index in [4.69, 9.17) is 11.6 Å². The molecule has 0 radical (unpaired) electrons. The molecule has 2 rings (SSSR count). The van der Waals surface area contributed by atoms with Crippen LogP contribution < -0.4 is 4.72 Å². The van der Waals surface area contributed by atoms with Crippen LogP contribution in [0.3, 0.4) is 0 Å². The lowest BCUT2D eigenvalue weighted by Crippen LogP contribution is -2.39. The normalized spacial score (nSPS) is 22.3. The standard InChI is InChI=1S/C9H15ClN2O4S3/c1-6-8(17-9(10)11-6)19(15,16)12-7-2-4-18(13,14)5-3-7/h7,12-14H,2-5H2,1H3. The Hall–Kier alpha value is 0.1000. The van der Waals surface area contributed by atoms with Gasteiger partial charge in [0.1, 0.15) is 0 Å². The smallest absolute Gasteiger partial charge is 0.252 e. The molecule has 110 valence electrons. The maximum absolute atomic E-state index is 12.2. The van der Waals surface area contributed by atoms with E-state index >= 15 is 0 Å². The van der Waals surface area contributed by atoms with Crippen LogP contribution in [0.15, 0.2) is 4.21 Å². The minimum Gasteiger partial charge on any atom is -0.299 e. The number of sulfonamides is 1. The third-order valence-electron chi connectivity index (χ3n) is 2.88. The zero-order valence-corrected chi connectivity index (χ0v) is 13.4. The minimum atomic E-state index is -3.64. The number of aromatic nitrogens is 1. The number of halogens is 1. The predicted octanol–water partition coefficient (Wildman–Crippen LogP) is 2.30. The molecule has 0 amide bonds. The van der Waals surface area contributed by atoms with E-state index in [1.54, 1.807) is 6.92 Å². The molecule has 19 heavy (non-hydrogen) atoms. The molecule has 1 aromatic heterocycles. The lowest BCUT2D eigenvalue weighted by atomic mass is 10.2. The van der Waals surface area contributed by atoms with Gasteiger partial charge >= 0.3 is 0 Å². The molecule has 1 aliphatic rings. The van der Waals surface area contributed by atoms with Crippen molar-refractivity contribution >= 4 is 43.6 Å². The quantitative estimate of drug-likeness (QED) is 0.779. The van der Waals surface area contributed by atoms with E-state index in [0.717, 1.165) is 11.3 Å². The first kappa shape index (κ1) is 15.5. The topological polar surface area (TPSA) is 99.5 Å². The van der Waals surface area contributed by atoms with Gasteiger partial charge in [-0.05, 0) is 19.8 Å². The summed E-state index contributed by atoms with van der Waals surface area (Å²) < 4.78 is 46.2. The largest absolute Gasteiger partial charge is 0.299 e. The van der Waals surface area contributed by atoms with Crippen LogP contribution in [0, 0.1) is 6.92 Å². The monoisotopic (exact) mass is 346 g/mol. The average molecular weight is 347 g/mol. The number of hydrogen-bond acceptors (Lipinski definition) is 6. The molecule has 1 fully saturated rings. The highest BCUT2D eigenvalue weighted by atomic mass is 35.5. The van der Waals surface area contributed by atoms with Gasteiger partial charge in [-0.1, -0.05) is 22.9 Å². The Kier molecular flexibility index (Phi) is 4.46. The second-order valence-corrected chi connectivity index (χ2v) is 10.4. The van der Waals surface area contributed by atoms with Crippen LogP contribution >= 0.6 is 33.5 Å². The summed E-state index contributed by atoms with van der Waals surface area (Å²) in [7, 11) is -6.15. The van der Waals surface area contributed by atoms with Crippen molar-refractivity contribution in [3.63, 3.8) is 0 Å². The van der Waals surface area contributed by atoms with Crippen LogP contribution in [-0.2, 0) is 10.0 Å². The van der Waals surface area contributed by atoms with E-state index in [-0.39, 0.29) is 26.2 Å². The van der Waals surface area contributed by atoms with Crippen LogP contribution in [0.4, 0.5) is 0 Å². The highest BCUT2D eigenvalue weighted by Crippen LogP contribution is 2.44. The van der Waals surface area contributed by atoms with E-state index in [1.807, 2.05) is 0 Å². The van der Waals surface area contributed by atoms with Crippen molar-refractivity contribution in [2.24, 2.45) is 0 Å². The molecule has 0 saturated carbocycles. The number of aryl methyl sites for hydroxylation is 1. The number of nitrogens with one attached hydrogen (secondary N) is 1. The van der Waals surface area contributed by atoms with Crippen molar-refractivity contribution in [1.82, 2.24) is 9.71 Å². The third kappa shape index (κ3) is 3.81. The highest BCUT2D eigenvalue weighted by molar-refractivity contribution is 8.24. The van der Waals surface area contributed by atoms with Crippen molar-refractivity contribution in [1.29, 1.82) is 0 Å². The maximum atomic E-state index is 12.2. The molecular weight excluding hydrogens is 332 g/mol. The summed E-state index contributed by atoms with van der Waals surface area (Å²) in [6.45, 7) is 1.59. The molecule has 1 aliphatic heterocycles. The zero-order valence-electron chi connectivity index (χ0n) is 10.2. The van der Waals surface area contributed by atoms with Gasteiger partial charge in [-0.2, -0.15) is 10.6 Å². The fourth-order valence-electron chi connectivity index (χ4n) is 1.90. The van der Waals surface area contributed by atoms with Gasteiger partial charge in [-0.15, -0.1) is 0 Å². The van der Waals surface area contributed by atoms with Crippen LogP contribution in [-0.4, -0.2) is 40.1 Å². The van der Waals surface area contributed by atoms with Gasteiger partial charge in [-0.3, -0.25) is 9.11 Å². The molecule has 1 aromatic rings. The molecule has 0 spiro atoms. The summed E-state index contributed by atoms with van der Waals surface area (Å²) in [6.07, 6.45) is 0.848. The van der Waals surface area contributed by atoms with Crippen LogP contribution in [0.25, 0.3) is 0 Å². The highest BCUT2D eigenvalue weighted by Gasteiger charge is 2.29. The second-order valence-electron chi connectivity index (χ2n) is 4.45. The van der Waals surface area contributed by atoms with Gasteiger partial charge < -0.3 is 0 Å². The molecule has 0 bridgehead atoms. The summed E-state index contributed by atoms with van der Waals surface area (Å²) in [6, 6.07) is -0.273. The predicted molar refractivity (Wildman–Crippen MR) is 77.8 cm³/mol. The van der Waals surface area contributed by atoms with Crippen LogP contribution in [0.5, 0.6) is 0 Å². The van der Waals surface area contributed by atoms with Gasteiger partial charge in [0.15, 0.2) is 8.68 Å².